The number of nitrogens with zero attached hydrogens (tertiary/aromatic N) is 2. The Morgan fingerprint density at radius 2 is 2.00 bits per heavy atom. The van der Waals surface area contributed by atoms with Gasteiger partial charge < -0.3 is 5.73 Å². The zero-order chi connectivity index (χ0) is 12.3. The molecule has 1 aromatic heterocycles. The maximum Gasteiger partial charge on any atom is 0.0659 e. The Balaban J connectivity index is 2.03. The smallest absolute Gasteiger partial charge is 0.0659 e. The van der Waals surface area contributed by atoms with Gasteiger partial charge in [0.15, 0.2) is 0 Å². The predicted molar refractivity (Wildman–Crippen MR) is 70.1 cm³/mol. The Hall–Kier alpha value is -1.32. The van der Waals surface area contributed by atoms with E-state index in [1.165, 1.54) is 11.1 Å². The number of aromatic nitrogens is 2. The summed E-state index contributed by atoms with van der Waals surface area (Å²) in [6.45, 7) is 2.76. The number of hydrogen-bond donors (Lipinski definition) is 1. The SMILES string of the molecule is CC(N)Cc1cnn(Cc2ccc(Cl)cc2)c1. The second-order valence-electron chi connectivity index (χ2n) is 4.35. The molecule has 0 amide bonds. The molecule has 1 heterocycles. The van der Waals surface area contributed by atoms with E-state index >= 15 is 0 Å². The second-order valence-corrected chi connectivity index (χ2v) is 4.79. The minimum absolute atomic E-state index is 0.170. The van der Waals surface area contributed by atoms with Crippen LogP contribution in [-0.2, 0) is 13.0 Å². The van der Waals surface area contributed by atoms with Crippen molar-refractivity contribution in [3.63, 3.8) is 0 Å². The molecule has 0 bridgehead atoms. The van der Waals surface area contributed by atoms with Crippen molar-refractivity contribution in [3.8, 4) is 0 Å². The molecule has 0 aliphatic carbocycles. The third-order valence-electron chi connectivity index (χ3n) is 2.50. The maximum atomic E-state index is 5.84. The van der Waals surface area contributed by atoms with Crippen molar-refractivity contribution in [1.82, 2.24) is 9.78 Å². The first-order chi connectivity index (χ1) is 8.13. The fourth-order valence-electron chi connectivity index (χ4n) is 1.75. The molecule has 1 unspecified atom stereocenters. The highest BCUT2D eigenvalue weighted by molar-refractivity contribution is 6.30. The van der Waals surface area contributed by atoms with Gasteiger partial charge in [-0.2, -0.15) is 5.10 Å². The summed E-state index contributed by atoms with van der Waals surface area (Å²) in [6, 6.07) is 7.97. The van der Waals surface area contributed by atoms with Crippen molar-refractivity contribution in [1.29, 1.82) is 0 Å². The minimum atomic E-state index is 0.170. The van der Waals surface area contributed by atoms with Crippen LogP contribution in [0.4, 0.5) is 0 Å². The Morgan fingerprint density at radius 1 is 1.29 bits per heavy atom. The molecule has 0 fully saturated rings. The van der Waals surface area contributed by atoms with Crippen LogP contribution in [0, 0.1) is 0 Å². The molecule has 0 radical (unpaired) electrons. The normalized spacial score (nSPS) is 12.6. The van der Waals surface area contributed by atoms with Gasteiger partial charge in [-0.3, -0.25) is 4.68 Å². The maximum absolute atomic E-state index is 5.84. The molecule has 2 rings (SSSR count). The van der Waals surface area contributed by atoms with Gasteiger partial charge >= 0.3 is 0 Å². The number of halogens is 1. The Bertz CT molecular complexity index is 474. The van der Waals surface area contributed by atoms with Crippen molar-refractivity contribution in [2.45, 2.75) is 25.9 Å². The molecule has 0 aliphatic heterocycles. The van der Waals surface area contributed by atoms with Gasteiger partial charge in [0.25, 0.3) is 0 Å². The zero-order valence-corrected chi connectivity index (χ0v) is 10.6. The summed E-state index contributed by atoms with van der Waals surface area (Å²) in [7, 11) is 0. The van der Waals surface area contributed by atoms with Gasteiger partial charge in [0.1, 0.15) is 0 Å². The van der Waals surface area contributed by atoms with E-state index in [-0.39, 0.29) is 6.04 Å². The average Bonchev–Trinajstić information content (AvgIpc) is 2.68. The number of nitrogens with two attached hydrogens (primary N) is 1. The van der Waals surface area contributed by atoms with E-state index < -0.39 is 0 Å². The highest BCUT2D eigenvalue weighted by atomic mass is 35.5. The third kappa shape index (κ3) is 3.58. The molecule has 3 nitrogen and oxygen atoms in total. The zero-order valence-electron chi connectivity index (χ0n) is 9.81. The van der Waals surface area contributed by atoms with Gasteiger partial charge in [-0.15, -0.1) is 0 Å². The van der Waals surface area contributed by atoms with Gasteiger partial charge in [-0.25, -0.2) is 0 Å². The van der Waals surface area contributed by atoms with Crippen LogP contribution in [0.5, 0.6) is 0 Å². The van der Waals surface area contributed by atoms with E-state index in [1.54, 1.807) is 0 Å². The highest BCUT2D eigenvalue weighted by Gasteiger charge is 2.02. The summed E-state index contributed by atoms with van der Waals surface area (Å²) in [5, 5.41) is 5.07. The molecule has 0 saturated carbocycles. The largest absolute Gasteiger partial charge is 0.328 e. The van der Waals surface area contributed by atoms with Crippen molar-refractivity contribution in [3.05, 3.63) is 52.8 Å². The monoisotopic (exact) mass is 249 g/mol. The topological polar surface area (TPSA) is 43.8 Å². The van der Waals surface area contributed by atoms with Crippen LogP contribution in [0.1, 0.15) is 18.1 Å². The Morgan fingerprint density at radius 3 is 2.65 bits per heavy atom. The fraction of sp³-hybridized carbons (Fsp3) is 0.308. The van der Waals surface area contributed by atoms with E-state index in [4.69, 9.17) is 17.3 Å². The van der Waals surface area contributed by atoms with E-state index in [0.29, 0.717) is 0 Å². The van der Waals surface area contributed by atoms with Crippen molar-refractivity contribution < 1.29 is 0 Å². The number of hydrogen-bond acceptors (Lipinski definition) is 2. The van der Waals surface area contributed by atoms with E-state index in [2.05, 4.69) is 5.10 Å². The lowest BCUT2D eigenvalue weighted by molar-refractivity contribution is 0.684. The van der Waals surface area contributed by atoms with Crippen LogP contribution in [0.15, 0.2) is 36.7 Å². The molecule has 2 aromatic rings. The summed E-state index contributed by atoms with van der Waals surface area (Å²) >= 11 is 5.84. The third-order valence-corrected chi connectivity index (χ3v) is 2.75. The molecule has 90 valence electrons. The van der Waals surface area contributed by atoms with Gasteiger partial charge in [0.2, 0.25) is 0 Å². The van der Waals surface area contributed by atoms with E-state index in [1.807, 2.05) is 48.3 Å². The van der Waals surface area contributed by atoms with Crippen LogP contribution in [0.25, 0.3) is 0 Å². The molecular weight excluding hydrogens is 234 g/mol. The van der Waals surface area contributed by atoms with Gasteiger partial charge in [-0.1, -0.05) is 23.7 Å². The second kappa shape index (κ2) is 5.34. The van der Waals surface area contributed by atoms with Crippen molar-refractivity contribution in [2.24, 2.45) is 5.73 Å². The molecule has 17 heavy (non-hydrogen) atoms. The summed E-state index contributed by atoms with van der Waals surface area (Å²) in [6.07, 6.45) is 4.78. The lowest BCUT2D eigenvalue weighted by atomic mass is 10.1. The van der Waals surface area contributed by atoms with Gasteiger partial charge in [-0.05, 0) is 36.6 Å². The molecular formula is C13H16ClN3. The molecule has 0 spiro atoms. The minimum Gasteiger partial charge on any atom is -0.328 e. The molecule has 1 aromatic carbocycles. The molecule has 2 N–H and O–H groups in total. The van der Waals surface area contributed by atoms with Crippen LogP contribution >= 0.6 is 11.6 Å². The first kappa shape index (κ1) is 12.1. The number of benzene rings is 1. The van der Waals surface area contributed by atoms with Crippen LogP contribution in [-0.4, -0.2) is 15.8 Å². The first-order valence-electron chi connectivity index (χ1n) is 5.65. The quantitative estimate of drug-likeness (QED) is 0.905. The molecule has 0 aliphatic rings. The average molecular weight is 250 g/mol. The van der Waals surface area contributed by atoms with Crippen molar-refractivity contribution >= 4 is 11.6 Å². The number of rotatable bonds is 4. The summed E-state index contributed by atoms with van der Waals surface area (Å²) in [5.41, 5.74) is 8.11. The lowest BCUT2D eigenvalue weighted by Gasteiger charge is -2.02. The molecule has 0 saturated heterocycles. The highest BCUT2D eigenvalue weighted by Crippen LogP contribution is 2.11. The van der Waals surface area contributed by atoms with E-state index in [9.17, 15) is 0 Å². The predicted octanol–water partition coefficient (Wildman–Crippen LogP) is 2.47. The summed E-state index contributed by atoms with van der Waals surface area (Å²) in [4.78, 5) is 0. The first-order valence-corrected chi connectivity index (χ1v) is 6.02. The lowest BCUT2D eigenvalue weighted by Crippen LogP contribution is -2.17. The van der Waals surface area contributed by atoms with Crippen molar-refractivity contribution in [2.75, 3.05) is 0 Å². The van der Waals surface area contributed by atoms with Gasteiger partial charge in [0.05, 0.1) is 12.7 Å². The summed E-state index contributed by atoms with van der Waals surface area (Å²) in [5.74, 6) is 0. The van der Waals surface area contributed by atoms with Gasteiger partial charge in [0, 0.05) is 17.3 Å². The van der Waals surface area contributed by atoms with Crippen LogP contribution in [0.2, 0.25) is 5.02 Å². The molecule has 4 heteroatoms. The molecule has 1 atom stereocenters. The van der Waals surface area contributed by atoms with E-state index in [0.717, 1.165) is 18.0 Å². The Labute approximate surface area is 106 Å². The van der Waals surface area contributed by atoms with Crippen LogP contribution < -0.4 is 5.73 Å². The summed E-state index contributed by atoms with van der Waals surface area (Å²) < 4.78 is 1.92. The van der Waals surface area contributed by atoms with Crippen LogP contribution in [0.3, 0.4) is 0 Å². The fourth-order valence-corrected chi connectivity index (χ4v) is 1.87. The standard InChI is InChI=1S/C13H16ClN3/c1-10(15)6-12-7-16-17(9-12)8-11-2-4-13(14)5-3-11/h2-5,7,9-10H,6,8,15H2,1H3. The Kier molecular flexibility index (Phi) is 3.82.